The average molecular weight is 376 g/mol. The van der Waals surface area contributed by atoms with Gasteiger partial charge in [-0.1, -0.05) is 31.2 Å². The Morgan fingerprint density at radius 3 is 2.32 bits per heavy atom. The third-order valence-corrected chi connectivity index (χ3v) is 4.11. The molecule has 28 heavy (non-hydrogen) atoms. The summed E-state index contributed by atoms with van der Waals surface area (Å²) in [5.74, 6) is -0.563. The van der Waals surface area contributed by atoms with Crippen LogP contribution in [0.2, 0.25) is 0 Å². The van der Waals surface area contributed by atoms with Crippen molar-refractivity contribution in [3.63, 3.8) is 0 Å². The van der Waals surface area contributed by atoms with Crippen molar-refractivity contribution >= 4 is 29.2 Å². The highest BCUT2D eigenvalue weighted by molar-refractivity contribution is 6.07. The van der Waals surface area contributed by atoms with E-state index in [9.17, 15) is 9.59 Å². The van der Waals surface area contributed by atoms with Gasteiger partial charge in [0.2, 0.25) is 5.95 Å². The molecule has 0 saturated heterocycles. The minimum Gasteiger partial charge on any atom is -0.465 e. The molecule has 0 radical (unpaired) electrons. The Bertz CT molecular complexity index is 970. The van der Waals surface area contributed by atoms with Crippen LogP contribution < -0.4 is 10.6 Å². The van der Waals surface area contributed by atoms with Gasteiger partial charge in [0.25, 0.3) is 5.91 Å². The number of ether oxygens (including phenoxy) is 1. The van der Waals surface area contributed by atoms with Crippen molar-refractivity contribution in [2.24, 2.45) is 0 Å². The van der Waals surface area contributed by atoms with E-state index >= 15 is 0 Å². The molecular weight excluding hydrogens is 356 g/mol. The average Bonchev–Trinajstić information content (AvgIpc) is 2.74. The monoisotopic (exact) mass is 376 g/mol. The zero-order valence-electron chi connectivity index (χ0n) is 15.6. The van der Waals surface area contributed by atoms with Gasteiger partial charge in [0, 0.05) is 18.1 Å². The van der Waals surface area contributed by atoms with Gasteiger partial charge in [-0.3, -0.25) is 4.79 Å². The number of rotatable bonds is 6. The minimum atomic E-state index is -0.527. The second-order valence-corrected chi connectivity index (χ2v) is 5.96. The van der Waals surface area contributed by atoms with E-state index in [-0.39, 0.29) is 11.1 Å². The molecule has 0 aliphatic rings. The molecule has 142 valence electrons. The molecule has 1 heterocycles. The fourth-order valence-corrected chi connectivity index (χ4v) is 2.54. The van der Waals surface area contributed by atoms with Crippen LogP contribution >= 0.6 is 0 Å². The van der Waals surface area contributed by atoms with Gasteiger partial charge in [-0.25, -0.2) is 14.8 Å². The Morgan fingerprint density at radius 1 is 1.00 bits per heavy atom. The van der Waals surface area contributed by atoms with Crippen LogP contribution in [0.4, 0.5) is 17.3 Å². The van der Waals surface area contributed by atoms with E-state index in [0.717, 1.165) is 12.1 Å². The first kappa shape index (κ1) is 19.0. The lowest BCUT2D eigenvalue weighted by Crippen LogP contribution is -2.16. The molecule has 2 N–H and O–H groups in total. The standard InChI is InChI=1S/C21H20N4O3/c1-3-14-8-10-16(11-9-14)24-21-22-12-15(13-23-21)19(26)25-18-7-5-4-6-17(18)20(27)28-2/h4-13H,3H2,1-2H3,(H,25,26)(H,22,23,24). The molecule has 0 unspecified atom stereocenters. The van der Waals surface area contributed by atoms with Gasteiger partial charge in [-0.15, -0.1) is 0 Å². The third kappa shape index (κ3) is 4.50. The van der Waals surface area contributed by atoms with E-state index in [1.54, 1.807) is 24.3 Å². The summed E-state index contributed by atoms with van der Waals surface area (Å²) in [6.07, 6.45) is 3.82. The van der Waals surface area contributed by atoms with Gasteiger partial charge in [0.15, 0.2) is 0 Å². The molecule has 7 heteroatoms. The van der Waals surface area contributed by atoms with E-state index in [2.05, 4.69) is 27.5 Å². The number of nitrogens with zero attached hydrogens (tertiary/aromatic N) is 2. The highest BCUT2D eigenvalue weighted by Gasteiger charge is 2.14. The Balaban J connectivity index is 1.69. The number of esters is 1. The molecule has 0 bridgehead atoms. The van der Waals surface area contributed by atoms with Crippen molar-refractivity contribution in [2.75, 3.05) is 17.7 Å². The fourth-order valence-electron chi connectivity index (χ4n) is 2.54. The lowest BCUT2D eigenvalue weighted by atomic mass is 10.1. The maximum Gasteiger partial charge on any atom is 0.339 e. The molecule has 3 aromatic rings. The summed E-state index contributed by atoms with van der Waals surface area (Å²) in [5.41, 5.74) is 3.00. The maximum atomic E-state index is 12.5. The molecule has 0 fully saturated rings. The minimum absolute atomic E-state index is 0.270. The largest absolute Gasteiger partial charge is 0.465 e. The lowest BCUT2D eigenvalue weighted by molar-refractivity contribution is 0.0602. The summed E-state index contributed by atoms with van der Waals surface area (Å²) in [6, 6.07) is 14.6. The molecule has 0 spiro atoms. The van der Waals surface area contributed by atoms with Crippen LogP contribution in [0.25, 0.3) is 0 Å². The number of nitrogens with one attached hydrogen (secondary N) is 2. The molecule has 0 aliphatic heterocycles. The van der Waals surface area contributed by atoms with Crippen LogP contribution in [0.3, 0.4) is 0 Å². The summed E-state index contributed by atoms with van der Waals surface area (Å²) >= 11 is 0. The smallest absolute Gasteiger partial charge is 0.339 e. The first-order chi connectivity index (χ1) is 13.6. The van der Waals surface area contributed by atoms with Crippen molar-refractivity contribution in [3.05, 3.63) is 77.6 Å². The number of anilines is 3. The summed E-state index contributed by atoms with van der Waals surface area (Å²) in [7, 11) is 1.29. The maximum absolute atomic E-state index is 12.5. The van der Waals surface area contributed by atoms with Gasteiger partial charge < -0.3 is 15.4 Å². The van der Waals surface area contributed by atoms with E-state index in [4.69, 9.17) is 4.74 Å². The lowest BCUT2D eigenvalue weighted by Gasteiger charge is -2.10. The molecule has 1 aromatic heterocycles. The summed E-state index contributed by atoms with van der Waals surface area (Å²) < 4.78 is 4.73. The summed E-state index contributed by atoms with van der Waals surface area (Å²) in [6.45, 7) is 2.10. The molecule has 0 aliphatic carbocycles. The fraction of sp³-hybridized carbons (Fsp3) is 0.143. The number of aryl methyl sites for hydroxylation is 1. The van der Waals surface area contributed by atoms with Crippen LogP contribution in [0.5, 0.6) is 0 Å². The van der Waals surface area contributed by atoms with Gasteiger partial charge in [-0.2, -0.15) is 0 Å². The number of aromatic nitrogens is 2. The van der Waals surface area contributed by atoms with E-state index in [1.165, 1.54) is 25.1 Å². The van der Waals surface area contributed by atoms with Crippen LogP contribution in [0, 0.1) is 0 Å². The Kier molecular flexibility index (Phi) is 5.96. The van der Waals surface area contributed by atoms with Crippen molar-refractivity contribution < 1.29 is 14.3 Å². The van der Waals surface area contributed by atoms with Crippen LogP contribution in [-0.2, 0) is 11.2 Å². The number of hydrogen-bond donors (Lipinski definition) is 2. The van der Waals surface area contributed by atoms with E-state index < -0.39 is 11.9 Å². The Labute approximate surface area is 162 Å². The molecule has 0 saturated carbocycles. The molecule has 2 aromatic carbocycles. The zero-order chi connectivity index (χ0) is 19.9. The number of amides is 1. The first-order valence-electron chi connectivity index (χ1n) is 8.77. The van der Waals surface area contributed by atoms with Crippen molar-refractivity contribution in [3.8, 4) is 0 Å². The second kappa shape index (κ2) is 8.77. The third-order valence-electron chi connectivity index (χ3n) is 4.11. The predicted octanol–water partition coefficient (Wildman–Crippen LogP) is 3.82. The normalized spacial score (nSPS) is 10.2. The molecular formula is C21H20N4O3. The van der Waals surface area contributed by atoms with Crippen LogP contribution in [-0.4, -0.2) is 29.0 Å². The summed E-state index contributed by atoms with van der Waals surface area (Å²) in [5, 5.41) is 5.77. The first-order valence-corrected chi connectivity index (χ1v) is 8.77. The Hall–Kier alpha value is -3.74. The molecule has 3 rings (SSSR count). The van der Waals surface area contributed by atoms with Crippen molar-refractivity contribution in [1.82, 2.24) is 9.97 Å². The molecule has 0 atom stereocenters. The van der Waals surface area contributed by atoms with E-state index in [0.29, 0.717) is 11.6 Å². The van der Waals surface area contributed by atoms with Crippen LogP contribution in [0.15, 0.2) is 60.9 Å². The topological polar surface area (TPSA) is 93.2 Å². The highest BCUT2D eigenvalue weighted by Crippen LogP contribution is 2.18. The SMILES string of the molecule is CCc1ccc(Nc2ncc(C(=O)Nc3ccccc3C(=O)OC)cn2)cc1. The predicted molar refractivity (Wildman–Crippen MR) is 107 cm³/mol. The van der Waals surface area contributed by atoms with Crippen molar-refractivity contribution in [2.45, 2.75) is 13.3 Å². The van der Waals surface area contributed by atoms with Gasteiger partial charge in [0.05, 0.1) is 23.9 Å². The number of methoxy groups -OCH3 is 1. The number of carbonyl (C=O) groups is 2. The zero-order valence-corrected chi connectivity index (χ0v) is 15.6. The second-order valence-electron chi connectivity index (χ2n) is 5.96. The number of benzene rings is 2. The summed E-state index contributed by atoms with van der Waals surface area (Å²) in [4.78, 5) is 32.6. The Morgan fingerprint density at radius 2 is 1.68 bits per heavy atom. The number of para-hydroxylation sites is 1. The molecule has 1 amide bonds. The highest BCUT2D eigenvalue weighted by atomic mass is 16.5. The van der Waals surface area contributed by atoms with Gasteiger partial charge in [0.1, 0.15) is 0 Å². The van der Waals surface area contributed by atoms with Gasteiger partial charge in [-0.05, 0) is 36.2 Å². The van der Waals surface area contributed by atoms with Gasteiger partial charge >= 0.3 is 5.97 Å². The van der Waals surface area contributed by atoms with Crippen molar-refractivity contribution in [1.29, 1.82) is 0 Å². The quantitative estimate of drug-likeness (QED) is 0.635. The van der Waals surface area contributed by atoms with Crippen LogP contribution in [0.1, 0.15) is 33.2 Å². The van der Waals surface area contributed by atoms with E-state index in [1.807, 2.05) is 24.3 Å². The molecule has 7 nitrogen and oxygen atoms in total. The number of carbonyl (C=O) groups excluding carboxylic acids is 2. The number of hydrogen-bond acceptors (Lipinski definition) is 6.